The molecule has 0 bridgehead atoms. The minimum atomic E-state index is -3.58. The van der Waals surface area contributed by atoms with E-state index in [1.54, 1.807) is 0 Å². The Bertz CT molecular complexity index is 565. The molecular weight excluding hydrogens is 248 g/mol. The van der Waals surface area contributed by atoms with E-state index in [9.17, 15) is 23.6 Å². The number of hydrogen-bond acceptors (Lipinski definition) is 5. The predicted octanol–water partition coefficient (Wildman–Crippen LogP) is 1.20. The first kappa shape index (κ1) is 11.6. The van der Waals surface area contributed by atoms with Crippen LogP contribution in [0.4, 0.5) is 11.4 Å². The van der Waals surface area contributed by atoms with Crippen molar-refractivity contribution in [2.24, 2.45) is 0 Å². The zero-order valence-corrected chi connectivity index (χ0v) is 9.48. The van der Waals surface area contributed by atoms with E-state index in [2.05, 4.69) is 4.72 Å². The highest BCUT2D eigenvalue weighted by Gasteiger charge is 2.36. The van der Waals surface area contributed by atoms with Gasteiger partial charge in [-0.2, -0.15) is 0 Å². The van der Waals surface area contributed by atoms with Crippen LogP contribution in [0.25, 0.3) is 0 Å². The number of nitrogens with one attached hydrogen (secondary N) is 1. The van der Waals surface area contributed by atoms with Crippen molar-refractivity contribution in [2.45, 2.75) is 18.1 Å². The van der Waals surface area contributed by atoms with Crippen LogP contribution in [0, 0.1) is 10.1 Å². The van der Waals surface area contributed by atoms with Crippen molar-refractivity contribution >= 4 is 21.4 Å². The Labute approximate surface area is 97.3 Å². The predicted molar refractivity (Wildman–Crippen MR) is 60.3 cm³/mol. The molecule has 1 aromatic carbocycles. The maximum Gasteiger partial charge on any atom is 0.293 e. The van der Waals surface area contributed by atoms with Gasteiger partial charge in [0.25, 0.3) is 5.69 Å². The van der Waals surface area contributed by atoms with E-state index in [1.165, 1.54) is 0 Å². The smallest absolute Gasteiger partial charge is 0.293 e. The van der Waals surface area contributed by atoms with Gasteiger partial charge in [0.2, 0.25) is 10.0 Å². The highest BCUT2D eigenvalue weighted by Crippen LogP contribution is 2.34. The summed E-state index contributed by atoms with van der Waals surface area (Å²) in [6, 6.07) is 3.21. The van der Waals surface area contributed by atoms with Crippen LogP contribution in [0.5, 0.6) is 5.75 Å². The Morgan fingerprint density at radius 3 is 2.59 bits per heavy atom. The van der Waals surface area contributed by atoms with Gasteiger partial charge in [0.15, 0.2) is 0 Å². The molecule has 0 aliphatic heterocycles. The van der Waals surface area contributed by atoms with Gasteiger partial charge in [0.05, 0.1) is 10.2 Å². The molecule has 0 saturated heterocycles. The number of benzene rings is 1. The summed E-state index contributed by atoms with van der Waals surface area (Å²) in [5.74, 6) is -0.232. The molecule has 1 saturated carbocycles. The molecule has 1 aromatic rings. The van der Waals surface area contributed by atoms with Gasteiger partial charge in [-0.1, -0.05) is 0 Å². The van der Waals surface area contributed by atoms with Crippen LogP contribution in [-0.4, -0.2) is 23.7 Å². The highest BCUT2D eigenvalue weighted by atomic mass is 32.2. The van der Waals surface area contributed by atoms with Crippen LogP contribution in [0.15, 0.2) is 18.2 Å². The molecule has 2 rings (SSSR count). The van der Waals surface area contributed by atoms with Crippen LogP contribution >= 0.6 is 0 Å². The van der Waals surface area contributed by atoms with Crippen LogP contribution in [0.3, 0.4) is 0 Å². The lowest BCUT2D eigenvalue weighted by atomic mass is 10.2. The Morgan fingerprint density at radius 2 is 2.06 bits per heavy atom. The standard InChI is InChI=1S/C9H10N2O5S/c12-6-1-4-9(11(13)14)8(5-6)10-17(15,16)7-2-3-7/h1,4-5,7,10,12H,2-3H2. The molecule has 0 atom stereocenters. The summed E-state index contributed by atoms with van der Waals surface area (Å²) in [7, 11) is -3.58. The Hall–Kier alpha value is -1.83. The van der Waals surface area contributed by atoms with Crippen molar-refractivity contribution in [2.75, 3.05) is 4.72 Å². The summed E-state index contributed by atoms with van der Waals surface area (Å²) in [5.41, 5.74) is -0.589. The average Bonchev–Trinajstić information content (AvgIpc) is 2.99. The normalized spacial score (nSPS) is 15.5. The van der Waals surface area contributed by atoms with Crippen LogP contribution < -0.4 is 4.72 Å². The molecule has 2 N–H and O–H groups in total. The molecule has 0 heterocycles. The zero-order chi connectivity index (χ0) is 12.6. The summed E-state index contributed by atoms with van der Waals surface area (Å²) < 4.78 is 25.4. The second-order valence-corrected chi connectivity index (χ2v) is 5.77. The summed E-state index contributed by atoms with van der Waals surface area (Å²) >= 11 is 0. The largest absolute Gasteiger partial charge is 0.508 e. The molecule has 1 fully saturated rings. The molecule has 0 aromatic heterocycles. The van der Waals surface area contributed by atoms with Crippen molar-refractivity contribution in [3.05, 3.63) is 28.3 Å². The van der Waals surface area contributed by atoms with Gasteiger partial charge in [-0.15, -0.1) is 0 Å². The number of aromatic hydroxyl groups is 1. The van der Waals surface area contributed by atoms with Gasteiger partial charge >= 0.3 is 0 Å². The van der Waals surface area contributed by atoms with E-state index in [0.717, 1.165) is 18.2 Å². The van der Waals surface area contributed by atoms with Crippen molar-refractivity contribution in [3.8, 4) is 5.75 Å². The molecule has 0 spiro atoms. The fourth-order valence-corrected chi connectivity index (χ4v) is 2.77. The third-order valence-corrected chi connectivity index (χ3v) is 4.25. The molecule has 17 heavy (non-hydrogen) atoms. The number of phenols is 1. The van der Waals surface area contributed by atoms with Gasteiger partial charge in [0, 0.05) is 12.1 Å². The molecule has 0 amide bonds. The van der Waals surface area contributed by atoms with E-state index in [1.807, 2.05) is 0 Å². The molecule has 1 aliphatic carbocycles. The minimum Gasteiger partial charge on any atom is -0.508 e. The molecule has 92 valence electrons. The first-order valence-electron chi connectivity index (χ1n) is 4.89. The highest BCUT2D eigenvalue weighted by molar-refractivity contribution is 7.93. The number of nitrogens with zero attached hydrogens (tertiary/aromatic N) is 1. The molecule has 7 nitrogen and oxygen atoms in total. The lowest BCUT2D eigenvalue weighted by Gasteiger charge is -2.07. The van der Waals surface area contributed by atoms with Crippen LogP contribution in [0.1, 0.15) is 12.8 Å². The number of rotatable bonds is 4. The van der Waals surface area contributed by atoms with Gasteiger partial charge < -0.3 is 5.11 Å². The minimum absolute atomic E-state index is 0.207. The third-order valence-electron chi connectivity index (χ3n) is 2.39. The third kappa shape index (κ3) is 2.47. The maximum absolute atomic E-state index is 11.6. The van der Waals surface area contributed by atoms with Gasteiger partial charge in [0.1, 0.15) is 11.4 Å². The number of sulfonamides is 1. The Morgan fingerprint density at radius 1 is 1.41 bits per heavy atom. The van der Waals surface area contributed by atoms with Gasteiger partial charge in [-0.05, 0) is 18.9 Å². The number of nitro groups is 1. The molecule has 1 aliphatic rings. The molecule has 0 radical (unpaired) electrons. The van der Waals surface area contributed by atoms with Gasteiger partial charge in [-0.25, -0.2) is 8.42 Å². The first-order chi connectivity index (χ1) is 7.90. The SMILES string of the molecule is O=[N+]([O-])c1ccc(O)cc1NS(=O)(=O)C1CC1. The topological polar surface area (TPSA) is 110 Å². The van der Waals surface area contributed by atoms with Gasteiger partial charge in [-0.3, -0.25) is 14.8 Å². The molecular formula is C9H10N2O5S. The summed E-state index contributed by atoms with van der Waals surface area (Å²) in [6.45, 7) is 0. The number of nitro benzene ring substituents is 1. The molecule has 8 heteroatoms. The lowest BCUT2D eigenvalue weighted by molar-refractivity contribution is -0.383. The van der Waals surface area contributed by atoms with Crippen molar-refractivity contribution in [1.82, 2.24) is 0 Å². The summed E-state index contributed by atoms with van der Waals surface area (Å²) in [6.07, 6.45) is 1.11. The van der Waals surface area contributed by atoms with Crippen molar-refractivity contribution < 1.29 is 18.4 Å². The summed E-state index contributed by atoms with van der Waals surface area (Å²) in [5, 5.41) is 19.4. The quantitative estimate of drug-likeness (QED) is 0.623. The van der Waals surface area contributed by atoms with Crippen LogP contribution in [0.2, 0.25) is 0 Å². The fourth-order valence-electron chi connectivity index (χ4n) is 1.38. The molecule has 0 unspecified atom stereocenters. The zero-order valence-electron chi connectivity index (χ0n) is 8.66. The Balaban J connectivity index is 2.37. The van der Waals surface area contributed by atoms with E-state index in [4.69, 9.17) is 0 Å². The summed E-state index contributed by atoms with van der Waals surface area (Å²) in [4.78, 5) is 9.99. The maximum atomic E-state index is 11.6. The monoisotopic (exact) mass is 258 g/mol. The first-order valence-corrected chi connectivity index (χ1v) is 6.44. The second-order valence-electron chi connectivity index (χ2n) is 3.80. The number of hydrogen-bond donors (Lipinski definition) is 2. The van der Waals surface area contributed by atoms with Crippen molar-refractivity contribution in [1.29, 1.82) is 0 Å². The fraction of sp³-hybridized carbons (Fsp3) is 0.333. The van der Waals surface area contributed by atoms with E-state index in [-0.39, 0.29) is 17.1 Å². The van der Waals surface area contributed by atoms with E-state index >= 15 is 0 Å². The average molecular weight is 258 g/mol. The Kier molecular flexibility index (Phi) is 2.66. The van der Waals surface area contributed by atoms with E-state index in [0.29, 0.717) is 12.8 Å². The van der Waals surface area contributed by atoms with E-state index < -0.39 is 20.2 Å². The number of phenolic OH excluding ortho intramolecular Hbond substituents is 1. The van der Waals surface area contributed by atoms with Crippen LogP contribution in [-0.2, 0) is 10.0 Å². The lowest BCUT2D eigenvalue weighted by Crippen LogP contribution is -2.18. The number of anilines is 1. The second kappa shape index (κ2) is 3.88. The van der Waals surface area contributed by atoms with Crippen molar-refractivity contribution in [3.63, 3.8) is 0 Å².